The van der Waals surface area contributed by atoms with Gasteiger partial charge in [0.15, 0.2) is 11.5 Å². The maximum absolute atomic E-state index is 13.0. The number of hydrogen-bond acceptors (Lipinski definition) is 4. The summed E-state index contributed by atoms with van der Waals surface area (Å²) in [5.74, 6) is 0.407. The Balaban J connectivity index is 2.09. The summed E-state index contributed by atoms with van der Waals surface area (Å²) in [4.78, 5) is 2.11. The molecule has 0 amide bonds. The summed E-state index contributed by atoms with van der Waals surface area (Å²) >= 11 is 0. The number of aromatic hydroxyl groups is 1. The highest BCUT2D eigenvalue weighted by Crippen LogP contribution is 2.46. The van der Waals surface area contributed by atoms with E-state index in [-0.39, 0.29) is 22.8 Å². The highest BCUT2D eigenvalue weighted by Gasteiger charge is 2.32. The van der Waals surface area contributed by atoms with Gasteiger partial charge < -0.3 is 19.7 Å². The lowest BCUT2D eigenvalue weighted by Crippen LogP contribution is -2.21. The Kier molecular flexibility index (Phi) is 4.89. The van der Waals surface area contributed by atoms with Crippen molar-refractivity contribution in [1.82, 2.24) is 4.90 Å². The Morgan fingerprint density at radius 1 is 1.31 bits per heavy atom. The number of anilines is 1. The Labute approximate surface area is 149 Å². The van der Waals surface area contributed by atoms with E-state index in [0.717, 1.165) is 43.6 Å². The van der Waals surface area contributed by atoms with E-state index in [1.807, 2.05) is 13.1 Å². The molecule has 1 aromatic carbocycles. The van der Waals surface area contributed by atoms with Gasteiger partial charge in [0.05, 0.1) is 11.1 Å². The second-order valence-corrected chi connectivity index (χ2v) is 6.20. The van der Waals surface area contributed by atoms with Crippen molar-refractivity contribution in [2.24, 2.45) is 0 Å². The Morgan fingerprint density at radius 2 is 2.08 bits per heavy atom. The van der Waals surface area contributed by atoms with Crippen LogP contribution in [0.4, 0.5) is 19.1 Å². The van der Waals surface area contributed by atoms with Crippen molar-refractivity contribution >= 4 is 11.5 Å². The first kappa shape index (κ1) is 18.2. The van der Waals surface area contributed by atoms with E-state index < -0.39 is 11.7 Å². The SMILES string of the molecule is CCN1C=C(c2oc(NC)c(-c3cccc(C(F)(F)F)c3)c2O)CCC1. The molecule has 2 heterocycles. The zero-order valence-electron chi connectivity index (χ0n) is 14.7. The van der Waals surface area contributed by atoms with E-state index in [1.54, 1.807) is 7.05 Å². The summed E-state index contributed by atoms with van der Waals surface area (Å²) in [6, 6.07) is 4.87. The second kappa shape index (κ2) is 6.97. The third-order valence-electron chi connectivity index (χ3n) is 4.52. The minimum atomic E-state index is -4.45. The lowest BCUT2D eigenvalue weighted by atomic mass is 10.00. The average Bonchev–Trinajstić information content (AvgIpc) is 2.97. The molecule has 4 nitrogen and oxygen atoms in total. The van der Waals surface area contributed by atoms with Gasteiger partial charge in [-0.15, -0.1) is 0 Å². The third-order valence-corrected chi connectivity index (χ3v) is 4.52. The van der Waals surface area contributed by atoms with Crippen molar-refractivity contribution in [3.8, 4) is 16.9 Å². The van der Waals surface area contributed by atoms with Crippen molar-refractivity contribution in [1.29, 1.82) is 0 Å². The smallest absolute Gasteiger partial charge is 0.416 e. The van der Waals surface area contributed by atoms with Gasteiger partial charge in [-0.25, -0.2) is 0 Å². The largest absolute Gasteiger partial charge is 0.504 e. The van der Waals surface area contributed by atoms with Crippen molar-refractivity contribution < 1.29 is 22.7 Å². The fraction of sp³-hybridized carbons (Fsp3) is 0.368. The van der Waals surface area contributed by atoms with Crippen LogP contribution in [0.5, 0.6) is 5.75 Å². The maximum atomic E-state index is 13.0. The molecule has 0 saturated carbocycles. The maximum Gasteiger partial charge on any atom is 0.416 e. The Bertz CT molecular complexity index is 825. The summed E-state index contributed by atoms with van der Waals surface area (Å²) in [5.41, 5.74) is 0.558. The third kappa shape index (κ3) is 3.38. The van der Waals surface area contributed by atoms with Crippen LogP contribution in [0.2, 0.25) is 0 Å². The highest BCUT2D eigenvalue weighted by molar-refractivity contribution is 5.86. The van der Waals surface area contributed by atoms with Crippen LogP contribution in [-0.4, -0.2) is 30.1 Å². The van der Waals surface area contributed by atoms with Gasteiger partial charge in [-0.1, -0.05) is 12.1 Å². The normalized spacial score (nSPS) is 15.1. The summed E-state index contributed by atoms with van der Waals surface area (Å²) in [6.07, 6.45) is -0.848. The van der Waals surface area contributed by atoms with Crippen molar-refractivity contribution in [3.63, 3.8) is 0 Å². The zero-order chi connectivity index (χ0) is 18.9. The van der Waals surface area contributed by atoms with Gasteiger partial charge in [-0.2, -0.15) is 13.2 Å². The van der Waals surface area contributed by atoms with E-state index in [2.05, 4.69) is 10.2 Å². The average molecular weight is 366 g/mol. The minimum absolute atomic E-state index is 0.141. The van der Waals surface area contributed by atoms with Crippen LogP contribution in [-0.2, 0) is 6.18 Å². The van der Waals surface area contributed by atoms with Gasteiger partial charge in [0.2, 0.25) is 5.88 Å². The van der Waals surface area contributed by atoms with E-state index in [4.69, 9.17) is 4.42 Å². The van der Waals surface area contributed by atoms with E-state index in [0.29, 0.717) is 5.76 Å². The van der Waals surface area contributed by atoms with Crippen LogP contribution in [0.3, 0.4) is 0 Å². The van der Waals surface area contributed by atoms with Crippen LogP contribution < -0.4 is 5.32 Å². The molecule has 2 N–H and O–H groups in total. The molecule has 0 spiro atoms. The first-order valence-corrected chi connectivity index (χ1v) is 8.51. The molecule has 0 aliphatic carbocycles. The van der Waals surface area contributed by atoms with Gasteiger partial charge >= 0.3 is 6.18 Å². The molecule has 0 fully saturated rings. The molecule has 3 rings (SSSR count). The van der Waals surface area contributed by atoms with Gasteiger partial charge in [0.25, 0.3) is 0 Å². The number of hydrogen-bond donors (Lipinski definition) is 2. The number of furan rings is 1. The molecule has 26 heavy (non-hydrogen) atoms. The van der Waals surface area contributed by atoms with Gasteiger partial charge in [0, 0.05) is 31.9 Å². The lowest BCUT2D eigenvalue weighted by Gasteiger charge is -2.24. The molecule has 0 saturated heterocycles. The number of benzene rings is 1. The second-order valence-electron chi connectivity index (χ2n) is 6.20. The monoisotopic (exact) mass is 366 g/mol. The zero-order valence-corrected chi connectivity index (χ0v) is 14.7. The number of nitrogens with zero attached hydrogens (tertiary/aromatic N) is 1. The highest BCUT2D eigenvalue weighted by atomic mass is 19.4. The van der Waals surface area contributed by atoms with Crippen molar-refractivity contribution in [2.75, 3.05) is 25.5 Å². The molecule has 0 atom stereocenters. The Morgan fingerprint density at radius 3 is 2.73 bits per heavy atom. The standard InChI is InChI=1S/C19H21F3N2O2/c1-3-24-9-5-7-13(11-24)17-16(25)15(18(23-2)26-17)12-6-4-8-14(10-12)19(20,21)22/h4,6,8,10-11,23,25H,3,5,7,9H2,1-2H3. The van der Waals surface area contributed by atoms with Gasteiger partial charge in [-0.05, 0) is 37.5 Å². The fourth-order valence-corrected chi connectivity index (χ4v) is 3.18. The molecule has 2 aromatic rings. The van der Waals surface area contributed by atoms with E-state index in [1.165, 1.54) is 12.1 Å². The molecule has 7 heteroatoms. The quantitative estimate of drug-likeness (QED) is 0.784. The molecule has 1 aliphatic rings. The molecule has 1 aliphatic heterocycles. The molecule has 1 aromatic heterocycles. The number of rotatable bonds is 4. The lowest BCUT2D eigenvalue weighted by molar-refractivity contribution is -0.137. The van der Waals surface area contributed by atoms with Crippen molar-refractivity contribution in [3.05, 3.63) is 41.8 Å². The Hall–Kier alpha value is -2.57. The molecule has 0 bridgehead atoms. The predicted octanol–water partition coefficient (Wildman–Crippen LogP) is 5.17. The summed E-state index contributed by atoms with van der Waals surface area (Å²) in [6.45, 7) is 3.81. The minimum Gasteiger partial charge on any atom is -0.504 e. The summed E-state index contributed by atoms with van der Waals surface area (Å²) in [5, 5.41) is 13.6. The fourth-order valence-electron chi connectivity index (χ4n) is 3.18. The number of halogens is 3. The summed E-state index contributed by atoms with van der Waals surface area (Å²) in [7, 11) is 1.60. The molecular formula is C19H21F3N2O2. The topological polar surface area (TPSA) is 48.6 Å². The first-order valence-electron chi connectivity index (χ1n) is 8.51. The van der Waals surface area contributed by atoms with Gasteiger partial charge in [0.1, 0.15) is 0 Å². The number of allylic oxidation sites excluding steroid dienone is 1. The molecule has 140 valence electrons. The van der Waals surface area contributed by atoms with E-state index in [9.17, 15) is 18.3 Å². The van der Waals surface area contributed by atoms with Crippen LogP contribution in [0.1, 0.15) is 31.1 Å². The van der Waals surface area contributed by atoms with E-state index >= 15 is 0 Å². The van der Waals surface area contributed by atoms with Crippen molar-refractivity contribution in [2.45, 2.75) is 25.9 Å². The molecule has 0 radical (unpaired) electrons. The number of nitrogens with one attached hydrogen (secondary N) is 1. The molecule has 0 unspecified atom stereocenters. The molecular weight excluding hydrogens is 345 g/mol. The van der Waals surface area contributed by atoms with Crippen LogP contribution in [0.15, 0.2) is 34.9 Å². The van der Waals surface area contributed by atoms with Crippen LogP contribution in [0.25, 0.3) is 16.7 Å². The van der Waals surface area contributed by atoms with Crippen LogP contribution >= 0.6 is 0 Å². The number of alkyl halides is 3. The van der Waals surface area contributed by atoms with Gasteiger partial charge in [-0.3, -0.25) is 0 Å². The summed E-state index contributed by atoms with van der Waals surface area (Å²) < 4.78 is 44.9. The predicted molar refractivity (Wildman–Crippen MR) is 94.8 cm³/mol. The van der Waals surface area contributed by atoms with Crippen LogP contribution in [0, 0.1) is 0 Å². The first-order chi connectivity index (χ1) is 12.3.